The molecule has 136 valence electrons. The maximum absolute atomic E-state index is 12.8. The lowest BCUT2D eigenvalue weighted by Gasteiger charge is -2.14. The second-order valence-electron chi connectivity index (χ2n) is 6.70. The van der Waals surface area contributed by atoms with Gasteiger partial charge in [0.05, 0.1) is 18.3 Å². The molecule has 6 heteroatoms. The second-order valence-corrected chi connectivity index (χ2v) is 7.79. The Bertz CT molecular complexity index is 975. The van der Waals surface area contributed by atoms with Crippen molar-refractivity contribution in [2.45, 2.75) is 45.3 Å². The van der Waals surface area contributed by atoms with Crippen LogP contribution in [0.3, 0.4) is 0 Å². The maximum atomic E-state index is 12.8. The van der Waals surface area contributed by atoms with Crippen LogP contribution in [0.25, 0.3) is 10.2 Å². The quantitative estimate of drug-likeness (QED) is 0.725. The van der Waals surface area contributed by atoms with Crippen molar-refractivity contribution in [3.63, 3.8) is 0 Å². The highest BCUT2D eigenvalue weighted by molar-refractivity contribution is 7.18. The first-order valence-corrected chi connectivity index (χ1v) is 9.87. The van der Waals surface area contributed by atoms with Crippen molar-refractivity contribution in [1.29, 1.82) is 0 Å². The average Bonchev–Trinajstić information content (AvgIpc) is 3.24. The van der Waals surface area contributed by atoms with Crippen molar-refractivity contribution in [1.82, 2.24) is 9.55 Å². The summed E-state index contributed by atoms with van der Waals surface area (Å²) in [6.45, 7) is 2.42. The summed E-state index contributed by atoms with van der Waals surface area (Å²) in [6.07, 6.45) is 4.85. The van der Waals surface area contributed by atoms with E-state index in [1.54, 1.807) is 11.3 Å². The lowest BCUT2D eigenvalue weighted by Crippen LogP contribution is -2.30. The van der Waals surface area contributed by atoms with Crippen LogP contribution in [0.15, 0.2) is 35.4 Å². The summed E-state index contributed by atoms with van der Waals surface area (Å²) < 4.78 is 7.14. The van der Waals surface area contributed by atoms with Crippen LogP contribution in [0.2, 0.25) is 0 Å². The smallest absolute Gasteiger partial charge is 0.262 e. The number of rotatable bonds is 6. The predicted octanol–water partition coefficient (Wildman–Crippen LogP) is 2.95. The van der Waals surface area contributed by atoms with Crippen LogP contribution in [0.1, 0.15) is 29.3 Å². The molecule has 5 nitrogen and oxygen atoms in total. The van der Waals surface area contributed by atoms with Crippen molar-refractivity contribution in [3.8, 4) is 5.75 Å². The van der Waals surface area contributed by atoms with E-state index in [2.05, 4.69) is 11.9 Å². The number of aromatic nitrogens is 2. The Hall–Kier alpha value is -2.18. The Balaban J connectivity index is 1.46. The normalized spacial score (nSPS) is 14.5. The van der Waals surface area contributed by atoms with Crippen LogP contribution in [0, 0.1) is 0 Å². The van der Waals surface area contributed by atoms with Crippen LogP contribution in [-0.2, 0) is 25.8 Å². The van der Waals surface area contributed by atoms with Gasteiger partial charge < -0.3 is 9.84 Å². The molecule has 0 radical (unpaired) electrons. The molecule has 0 fully saturated rings. The first-order valence-electron chi connectivity index (χ1n) is 9.05. The zero-order chi connectivity index (χ0) is 18.1. The van der Waals surface area contributed by atoms with Crippen LogP contribution in [0.4, 0.5) is 0 Å². The Morgan fingerprint density at radius 1 is 1.31 bits per heavy atom. The van der Waals surface area contributed by atoms with E-state index in [4.69, 9.17) is 4.74 Å². The van der Waals surface area contributed by atoms with Gasteiger partial charge in [0.15, 0.2) is 0 Å². The Kier molecular flexibility index (Phi) is 4.78. The summed E-state index contributed by atoms with van der Waals surface area (Å²) in [4.78, 5) is 19.3. The standard InChI is InChI=1S/C20H22N2O3S/c1-2-13-6-8-15(9-7-13)25-11-14(23)10-22-12-21-19-18(20(22)24)16-4-3-5-17(16)26-19/h6-9,12,14,23H,2-5,10-11H2,1H3. The summed E-state index contributed by atoms with van der Waals surface area (Å²) in [5.41, 5.74) is 2.35. The third-order valence-corrected chi connectivity index (χ3v) is 6.07. The van der Waals surface area contributed by atoms with E-state index in [0.29, 0.717) is 0 Å². The van der Waals surface area contributed by atoms with Crippen molar-refractivity contribution >= 4 is 21.6 Å². The van der Waals surface area contributed by atoms with E-state index in [1.165, 1.54) is 26.9 Å². The van der Waals surface area contributed by atoms with Gasteiger partial charge in [-0.3, -0.25) is 9.36 Å². The highest BCUT2D eigenvalue weighted by atomic mass is 32.1. The van der Waals surface area contributed by atoms with Crippen LogP contribution in [0.5, 0.6) is 5.75 Å². The third-order valence-electron chi connectivity index (χ3n) is 4.87. The van der Waals surface area contributed by atoms with Crippen LogP contribution in [-0.4, -0.2) is 27.4 Å². The molecule has 0 spiro atoms. The van der Waals surface area contributed by atoms with Crippen molar-refractivity contribution in [2.75, 3.05) is 6.61 Å². The minimum Gasteiger partial charge on any atom is -0.491 e. The van der Waals surface area contributed by atoms with Crippen molar-refractivity contribution < 1.29 is 9.84 Å². The van der Waals surface area contributed by atoms with Gasteiger partial charge in [-0.1, -0.05) is 19.1 Å². The monoisotopic (exact) mass is 370 g/mol. The lowest BCUT2D eigenvalue weighted by molar-refractivity contribution is 0.0915. The van der Waals surface area contributed by atoms with E-state index < -0.39 is 6.10 Å². The highest BCUT2D eigenvalue weighted by Gasteiger charge is 2.21. The number of hydrogen-bond donors (Lipinski definition) is 1. The molecule has 1 aromatic carbocycles. The molecule has 1 atom stereocenters. The van der Waals surface area contributed by atoms with Gasteiger partial charge in [0, 0.05) is 4.88 Å². The van der Waals surface area contributed by atoms with Crippen LogP contribution >= 0.6 is 11.3 Å². The van der Waals surface area contributed by atoms with Gasteiger partial charge in [-0.25, -0.2) is 4.98 Å². The molecule has 0 bridgehead atoms. The molecule has 1 N–H and O–H groups in total. The molecular formula is C20H22N2O3S. The summed E-state index contributed by atoms with van der Waals surface area (Å²) in [6, 6.07) is 7.84. The summed E-state index contributed by atoms with van der Waals surface area (Å²) in [5, 5.41) is 11.0. The summed E-state index contributed by atoms with van der Waals surface area (Å²) in [7, 11) is 0. The molecular weight excluding hydrogens is 348 g/mol. The molecule has 3 aromatic rings. The van der Waals surface area contributed by atoms with Gasteiger partial charge in [0.25, 0.3) is 5.56 Å². The largest absolute Gasteiger partial charge is 0.491 e. The van der Waals surface area contributed by atoms with Crippen molar-refractivity contribution in [2.24, 2.45) is 0 Å². The minimum absolute atomic E-state index is 0.0549. The number of aliphatic hydroxyl groups excluding tert-OH is 1. The van der Waals surface area contributed by atoms with Crippen LogP contribution < -0.4 is 10.3 Å². The fourth-order valence-electron chi connectivity index (χ4n) is 3.44. The summed E-state index contributed by atoms with van der Waals surface area (Å²) in [5.74, 6) is 0.720. The van der Waals surface area contributed by atoms with E-state index in [-0.39, 0.29) is 18.7 Å². The molecule has 0 saturated heterocycles. The molecule has 1 aliphatic rings. The highest BCUT2D eigenvalue weighted by Crippen LogP contribution is 2.34. The number of ether oxygens (including phenoxy) is 1. The van der Waals surface area contributed by atoms with E-state index >= 15 is 0 Å². The maximum Gasteiger partial charge on any atom is 0.262 e. The molecule has 4 rings (SSSR count). The van der Waals surface area contributed by atoms with E-state index in [1.807, 2.05) is 24.3 Å². The summed E-state index contributed by atoms with van der Waals surface area (Å²) >= 11 is 1.63. The molecule has 2 heterocycles. The number of aryl methyl sites for hydroxylation is 3. The van der Waals surface area contributed by atoms with Crippen molar-refractivity contribution in [3.05, 3.63) is 57.0 Å². The second kappa shape index (κ2) is 7.21. The van der Waals surface area contributed by atoms with Gasteiger partial charge in [0.2, 0.25) is 0 Å². The first kappa shape index (κ1) is 17.2. The molecule has 26 heavy (non-hydrogen) atoms. The number of benzene rings is 1. The number of fused-ring (bicyclic) bond motifs is 3. The zero-order valence-corrected chi connectivity index (χ0v) is 15.6. The molecule has 0 saturated carbocycles. The van der Waals surface area contributed by atoms with Gasteiger partial charge in [-0.05, 0) is 48.9 Å². The Labute approximate surface area is 155 Å². The topological polar surface area (TPSA) is 64.3 Å². The first-order chi connectivity index (χ1) is 12.7. The number of hydrogen-bond acceptors (Lipinski definition) is 5. The van der Waals surface area contributed by atoms with Gasteiger partial charge in [-0.15, -0.1) is 11.3 Å². The predicted molar refractivity (Wildman–Crippen MR) is 103 cm³/mol. The lowest BCUT2D eigenvalue weighted by atomic mass is 10.2. The molecule has 1 aliphatic carbocycles. The Morgan fingerprint density at radius 2 is 2.12 bits per heavy atom. The number of aliphatic hydroxyl groups is 1. The van der Waals surface area contributed by atoms with E-state index in [0.717, 1.165) is 41.6 Å². The van der Waals surface area contributed by atoms with Gasteiger partial charge >= 0.3 is 0 Å². The molecule has 0 amide bonds. The molecule has 2 aromatic heterocycles. The minimum atomic E-state index is -0.774. The molecule has 0 aliphatic heterocycles. The number of thiophene rings is 1. The SMILES string of the molecule is CCc1ccc(OCC(O)Cn2cnc3sc4c(c3c2=O)CCC4)cc1. The average molecular weight is 370 g/mol. The zero-order valence-electron chi connectivity index (χ0n) is 14.8. The third kappa shape index (κ3) is 3.27. The number of nitrogens with zero attached hydrogens (tertiary/aromatic N) is 2. The van der Waals surface area contributed by atoms with Gasteiger partial charge in [0.1, 0.15) is 23.3 Å². The Morgan fingerprint density at radius 3 is 2.88 bits per heavy atom. The van der Waals surface area contributed by atoms with E-state index in [9.17, 15) is 9.90 Å². The fourth-order valence-corrected chi connectivity index (χ4v) is 4.66. The molecule has 1 unspecified atom stereocenters. The van der Waals surface area contributed by atoms with Gasteiger partial charge in [-0.2, -0.15) is 0 Å². The fraction of sp³-hybridized carbons (Fsp3) is 0.400.